The van der Waals surface area contributed by atoms with E-state index in [1.54, 1.807) is 73.6 Å². The Morgan fingerprint density at radius 1 is 0.550 bits per heavy atom. The minimum absolute atomic E-state index is 0.0908. The molecule has 8 heteroatoms. The number of hydrogen-bond donors (Lipinski definition) is 2. The van der Waals surface area contributed by atoms with Gasteiger partial charge in [-0.3, -0.25) is 20.0 Å². The first-order valence-corrected chi connectivity index (χ1v) is 12.3. The van der Waals surface area contributed by atoms with E-state index < -0.39 is 0 Å². The number of methoxy groups -OCH3 is 2. The molecule has 0 fully saturated rings. The second kappa shape index (κ2) is 13.9. The summed E-state index contributed by atoms with van der Waals surface area (Å²) in [4.78, 5) is 16.7. The lowest BCUT2D eigenvalue weighted by molar-refractivity contribution is 0.373. The number of rotatable bonds is 7. The van der Waals surface area contributed by atoms with Crippen LogP contribution >= 0.6 is 0 Å². The molecule has 0 saturated carbocycles. The minimum Gasteiger partial charge on any atom is -0.504 e. The number of phenolic OH excluding ortho intramolecular Hbond substituents is 2. The number of ether oxygens (including phenoxy) is 2. The number of aliphatic imine (C=N–C) groups is 2. The predicted octanol–water partition coefficient (Wildman–Crippen LogP) is 6.76. The first kappa shape index (κ1) is 27.5. The Kier molecular flexibility index (Phi) is 9.55. The Balaban J connectivity index is 0.000000255. The average molecular weight is 533 g/mol. The third-order valence-corrected chi connectivity index (χ3v) is 5.68. The molecule has 0 amide bonds. The predicted molar refractivity (Wildman–Crippen MR) is 158 cm³/mol. The average Bonchev–Trinajstić information content (AvgIpc) is 3.02. The van der Waals surface area contributed by atoms with Crippen LogP contribution in [0.3, 0.4) is 0 Å². The summed E-state index contributed by atoms with van der Waals surface area (Å²) in [6.07, 6.45) is 10.5. The SMILES string of the molecule is COc1cc(C=Nc2ccc(N=Cc3ccc(O)c(OC)c3)cc2)ccc1O.c1cc(-c2ccncc2)ccn1. The lowest BCUT2D eigenvalue weighted by atomic mass is 10.1. The number of aromatic hydroxyl groups is 2. The summed E-state index contributed by atoms with van der Waals surface area (Å²) in [7, 11) is 3.01. The maximum atomic E-state index is 9.62. The molecule has 0 aliphatic heterocycles. The highest BCUT2D eigenvalue weighted by Gasteiger charge is 2.02. The Bertz CT molecular complexity index is 1450. The molecular formula is C32H28N4O4. The number of nitrogens with zero attached hydrogens (tertiary/aromatic N) is 4. The number of pyridine rings is 2. The molecule has 0 aliphatic carbocycles. The quantitative estimate of drug-likeness (QED) is 0.224. The van der Waals surface area contributed by atoms with E-state index in [0.29, 0.717) is 11.5 Å². The zero-order valence-electron chi connectivity index (χ0n) is 22.0. The van der Waals surface area contributed by atoms with Gasteiger partial charge in [-0.25, -0.2) is 0 Å². The van der Waals surface area contributed by atoms with E-state index >= 15 is 0 Å². The van der Waals surface area contributed by atoms with Crippen LogP contribution in [0.15, 0.2) is 120 Å². The van der Waals surface area contributed by atoms with Crippen molar-refractivity contribution in [1.82, 2.24) is 9.97 Å². The molecule has 0 aliphatic rings. The first-order valence-electron chi connectivity index (χ1n) is 12.3. The molecular weight excluding hydrogens is 504 g/mol. The van der Waals surface area contributed by atoms with E-state index in [1.807, 2.05) is 48.5 Å². The molecule has 0 saturated heterocycles. The van der Waals surface area contributed by atoms with Crippen molar-refractivity contribution in [1.29, 1.82) is 0 Å². The molecule has 2 N–H and O–H groups in total. The van der Waals surface area contributed by atoms with E-state index in [2.05, 4.69) is 20.0 Å². The van der Waals surface area contributed by atoms with Gasteiger partial charge < -0.3 is 19.7 Å². The van der Waals surface area contributed by atoms with Gasteiger partial charge in [-0.15, -0.1) is 0 Å². The zero-order chi connectivity index (χ0) is 28.2. The highest BCUT2D eigenvalue weighted by atomic mass is 16.5. The third-order valence-electron chi connectivity index (χ3n) is 5.68. The van der Waals surface area contributed by atoms with Crippen molar-refractivity contribution in [2.75, 3.05) is 14.2 Å². The topological polar surface area (TPSA) is 109 Å². The molecule has 5 aromatic rings. The van der Waals surface area contributed by atoms with Gasteiger partial charge in [0.05, 0.1) is 25.6 Å². The fourth-order valence-electron chi connectivity index (χ4n) is 3.56. The summed E-state index contributed by atoms with van der Waals surface area (Å²) in [5, 5.41) is 19.2. The standard InChI is InChI=1S/C22H20N2O4.C10H8N2/c1-27-21-11-15(3-9-19(21)25)13-23-17-5-7-18(8-6-17)24-14-16-4-10-20(26)22(12-16)28-2;1-5-11-6-2-9(1)10-3-7-12-8-4-10/h3-14,25-26H,1-2H3;1-8H. The minimum atomic E-state index is 0.0908. The Morgan fingerprint density at radius 2 is 0.925 bits per heavy atom. The Morgan fingerprint density at radius 3 is 1.27 bits per heavy atom. The highest BCUT2D eigenvalue weighted by molar-refractivity contribution is 5.84. The number of phenols is 2. The van der Waals surface area contributed by atoms with E-state index in [4.69, 9.17) is 9.47 Å². The maximum absolute atomic E-state index is 9.62. The van der Waals surface area contributed by atoms with E-state index in [0.717, 1.165) is 22.5 Å². The van der Waals surface area contributed by atoms with Crippen molar-refractivity contribution in [3.63, 3.8) is 0 Å². The third kappa shape index (κ3) is 7.75. The van der Waals surface area contributed by atoms with Crippen LogP contribution in [-0.2, 0) is 0 Å². The molecule has 5 rings (SSSR count). The van der Waals surface area contributed by atoms with Crippen molar-refractivity contribution in [3.8, 4) is 34.1 Å². The molecule has 0 unspecified atom stereocenters. The van der Waals surface area contributed by atoms with Gasteiger partial charge in [0.1, 0.15) is 0 Å². The summed E-state index contributed by atoms with van der Waals surface area (Å²) >= 11 is 0. The molecule has 0 atom stereocenters. The smallest absolute Gasteiger partial charge is 0.161 e. The van der Waals surface area contributed by atoms with Gasteiger partial charge in [0, 0.05) is 37.2 Å². The van der Waals surface area contributed by atoms with Gasteiger partial charge >= 0.3 is 0 Å². The summed E-state index contributed by atoms with van der Waals surface area (Å²) < 4.78 is 10.2. The van der Waals surface area contributed by atoms with Crippen LogP contribution in [0, 0.1) is 0 Å². The van der Waals surface area contributed by atoms with Crippen LogP contribution in [0.1, 0.15) is 11.1 Å². The van der Waals surface area contributed by atoms with Crippen molar-refractivity contribution in [2.45, 2.75) is 0 Å². The molecule has 8 nitrogen and oxygen atoms in total. The first-order chi connectivity index (χ1) is 19.6. The van der Waals surface area contributed by atoms with Crippen molar-refractivity contribution in [3.05, 3.63) is 121 Å². The van der Waals surface area contributed by atoms with E-state index in [-0.39, 0.29) is 11.5 Å². The van der Waals surface area contributed by atoms with Gasteiger partial charge in [0.25, 0.3) is 0 Å². The number of hydrogen-bond acceptors (Lipinski definition) is 8. The van der Waals surface area contributed by atoms with Crippen LogP contribution in [-0.4, -0.2) is 46.8 Å². The monoisotopic (exact) mass is 532 g/mol. The van der Waals surface area contributed by atoms with Crippen LogP contribution in [0.2, 0.25) is 0 Å². The molecule has 0 bridgehead atoms. The Hall–Kier alpha value is -5.50. The van der Waals surface area contributed by atoms with Crippen molar-refractivity contribution in [2.24, 2.45) is 9.98 Å². The fraction of sp³-hybridized carbons (Fsp3) is 0.0625. The summed E-state index contributed by atoms with van der Waals surface area (Å²) in [6, 6.07) is 25.4. The van der Waals surface area contributed by atoms with Crippen LogP contribution in [0.25, 0.3) is 11.1 Å². The largest absolute Gasteiger partial charge is 0.504 e. The summed E-state index contributed by atoms with van der Waals surface area (Å²) in [6.45, 7) is 0. The van der Waals surface area contributed by atoms with Crippen molar-refractivity contribution < 1.29 is 19.7 Å². The van der Waals surface area contributed by atoms with Crippen LogP contribution in [0.4, 0.5) is 11.4 Å². The second-order valence-corrected chi connectivity index (χ2v) is 8.37. The fourth-order valence-corrected chi connectivity index (χ4v) is 3.56. The van der Waals surface area contributed by atoms with Crippen LogP contribution < -0.4 is 9.47 Å². The van der Waals surface area contributed by atoms with Gasteiger partial charge in [-0.1, -0.05) is 0 Å². The number of benzene rings is 3. The highest BCUT2D eigenvalue weighted by Crippen LogP contribution is 2.27. The summed E-state index contributed by atoms with van der Waals surface area (Å²) in [5.41, 5.74) is 5.53. The van der Waals surface area contributed by atoms with Gasteiger partial charge in [-0.2, -0.15) is 0 Å². The number of aromatic nitrogens is 2. The maximum Gasteiger partial charge on any atom is 0.161 e. The van der Waals surface area contributed by atoms with Crippen LogP contribution in [0.5, 0.6) is 23.0 Å². The van der Waals surface area contributed by atoms with Gasteiger partial charge in [-0.05, 0) is 107 Å². The molecule has 200 valence electrons. The van der Waals surface area contributed by atoms with E-state index in [9.17, 15) is 10.2 Å². The summed E-state index contributed by atoms with van der Waals surface area (Å²) in [5.74, 6) is 0.986. The van der Waals surface area contributed by atoms with Crippen molar-refractivity contribution >= 4 is 23.8 Å². The van der Waals surface area contributed by atoms with E-state index in [1.165, 1.54) is 25.3 Å². The normalized spacial score (nSPS) is 10.8. The van der Waals surface area contributed by atoms with Gasteiger partial charge in [0.15, 0.2) is 23.0 Å². The lowest BCUT2D eigenvalue weighted by Gasteiger charge is -2.03. The zero-order valence-corrected chi connectivity index (χ0v) is 22.0. The molecule has 3 aromatic carbocycles. The Labute approximate surface area is 232 Å². The molecule has 2 aromatic heterocycles. The molecule has 40 heavy (non-hydrogen) atoms. The van der Waals surface area contributed by atoms with Gasteiger partial charge in [0.2, 0.25) is 0 Å². The lowest BCUT2D eigenvalue weighted by Crippen LogP contribution is -1.87. The second-order valence-electron chi connectivity index (χ2n) is 8.37. The molecule has 0 radical (unpaired) electrons. The molecule has 0 spiro atoms. The molecule has 2 heterocycles.